The molecule has 1 saturated heterocycles. The predicted octanol–water partition coefficient (Wildman–Crippen LogP) is 0.972. The van der Waals surface area contributed by atoms with Crippen LogP contribution in [0.1, 0.15) is 19.4 Å². The fourth-order valence-corrected chi connectivity index (χ4v) is 2.13. The molecular weight excluding hydrogens is 254 g/mol. The Balaban J connectivity index is 2.21. The highest BCUT2D eigenvalue weighted by atomic mass is 35.5. The van der Waals surface area contributed by atoms with Crippen LogP contribution in [0.2, 0.25) is 5.02 Å². The van der Waals surface area contributed by atoms with Crippen molar-refractivity contribution in [2.24, 2.45) is 0 Å². The molecule has 0 aromatic carbocycles. The molecule has 1 aliphatic rings. The average molecular weight is 268 g/mol. The van der Waals surface area contributed by atoms with Gasteiger partial charge in [-0.15, -0.1) is 0 Å². The first-order chi connectivity index (χ1) is 8.40. The molecule has 2 amide bonds. The molecule has 1 N–H and O–H groups in total. The van der Waals surface area contributed by atoms with E-state index in [0.717, 1.165) is 5.56 Å². The highest BCUT2D eigenvalue weighted by molar-refractivity contribution is 6.31. The van der Waals surface area contributed by atoms with Gasteiger partial charge in [-0.25, -0.2) is 0 Å². The number of aromatic nitrogens is 1. The summed E-state index contributed by atoms with van der Waals surface area (Å²) in [4.78, 5) is 29.1. The van der Waals surface area contributed by atoms with Gasteiger partial charge in [0, 0.05) is 18.9 Å². The summed E-state index contributed by atoms with van der Waals surface area (Å²) in [6.07, 6.45) is 3.14. The second-order valence-corrected chi connectivity index (χ2v) is 5.21. The van der Waals surface area contributed by atoms with E-state index in [9.17, 15) is 9.59 Å². The second kappa shape index (κ2) is 4.57. The third kappa shape index (κ3) is 2.46. The summed E-state index contributed by atoms with van der Waals surface area (Å²) in [6, 6.07) is 1.75. The van der Waals surface area contributed by atoms with Crippen LogP contribution in [0.4, 0.5) is 0 Å². The number of piperazine rings is 1. The van der Waals surface area contributed by atoms with Gasteiger partial charge in [0.2, 0.25) is 11.8 Å². The van der Waals surface area contributed by atoms with Crippen LogP contribution in [-0.2, 0) is 16.1 Å². The van der Waals surface area contributed by atoms with Gasteiger partial charge in [-0.1, -0.05) is 11.6 Å². The number of halogens is 1. The van der Waals surface area contributed by atoms with Crippen molar-refractivity contribution in [2.75, 3.05) is 6.54 Å². The van der Waals surface area contributed by atoms with Gasteiger partial charge in [-0.3, -0.25) is 14.6 Å². The summed E-state index contributed by atoms with van der Waals surface area (Å²) in [5.41, 5.74) is -0.0833. The molecule has 2 rings (SSSR count). The maximum Gasteiger partial charge on any atom is 0.248 e. The zero-order chi connectivity index (χ0) is 13.3. The van der Waals surface area contributed by atoms with Gasteiger partial charge in [-0.2, -0.15) is 0 Å². The lowest BCUT2D eigenvalue weighted by molar-refractivity contribution is -0.148. The van der Waals surface area contributed by atoms with Crippen LogP contribution in [0.25, 0.3) is 0 Å². The summed E-state index contributed by atoms with van der Waals surface area (Å²) in [5.74, 6) is -0.278. The fraction of sp³-hybridized carbons (Fsp3) is 0.417. The van der Waals surface area contributed by atoms with Gasteiger partial charge >= 0.3 is 0 Å². The number of hydrogen-bond acceptors (Lipinski definition) is 3. The quantitative estimate of drug-likeness (QED) is 0.869. The molecule has 0 atom stereocenters. The Morgan fingerprint density at radius 2 is 2.22 bits per heavy atom. The molecule has 0 spiro atoms. The van der Waals surface area contributed by atoms with Gasteiger partial charge in [-0.05, 0) is 25.5 Å². The standard InChI is InChI=1S/C12H14ClN3O2/c1-12(2)11(18)16(7-10(17)15-12)6-8-3-4-14-5-9(8)13/h3-5H,6-7H2,1-2H3,(H,15,17). The second-order valence-electron chi connectivity index (χ2n) is 4.80. The normalized spacial score (nSPS) is 18.7. The summed E-state index contributed by atoms with van der Waals surface area (Å²) >= 11 is 6.00. The topological polar surface area (TPSA) is 62.3 Å². The fourth-order valence-electron chi connectivity index (χ4n) is 1.95. The van der Waals surface area contributed by atoms with Crippen molar-refractivity contribution >= 4 is 23.4 Å². The summed E-state index contributed by atoms with van der Waals surface area (Å²) in [6.45, 7) is 3.75. The number of hydrogen-bond donors (Lipinski definition) is 1. The molecule has 0 bridgehead atoms. The summed E-state index contributed by atoms with van der Waals surface area (Å²) < 4.78 is 0. The van der Waals surface area contributed by atoms with Crippen LogP contribution in [0.15, 0.2) is 18.5 Å². The van der Waals surface area contributed by atoms with Crippen molar-refractivity contribution < 1.29 is 9.59 Å². The lowest BCUT2D eigenvalue weighted by Gasteiger charge is -2.37. The van der Waals surface area contributed by atoms with Gasteiger partial charge < -0.3 is 10.2 Å². The minimum Gasteiger partial charge on any atom is -0.341 e. The van der Waals surface area contributed by atoms with Gasteiger partial charge in [0.1, 0.15) is 5.54 Å². The Kier molecular flexibility index (Phi) is 3.26. The SMILES string of the molecule is CC1(C)NC(=O)CN(Cc2ccncc2Cl)C1=O. The van der Waals surface area contributed by atoms with Crippen LogP contribution in [0, 0.1) is 0 Å². The van der Waals surface area contributed by atoms with E-state index in [-0.39, 0.29) is 18.4 Å². The minimum absolute atomic E-state index is 0.0565. The largest absolute Gasteiger partial charge is 0.341 e. The number of pyridine rings is 1. The molecule has 6 heteroatoms. The van der Waals surface area contributed by atoms with E-state index in [2.05, 4.69) is 10.3 Å². The lowest BCUT2D eigenvalue weighted by Crippen LogP contribution is -2.63. The Morgan fingerprint density at radius 3 is 2.89 bits per heavy atom. The number of rotatable bonds is 2. The number of amides is 2. The van der Waals surface area contributed by atoms with E-state index in [1.807, 2.05) is 0 Å². The van der Waals surface area contributed by atoms with Gasteiger partial charge in [0.25, 0.3) is 0 Å². The van der Waals surface area contributed by atoms with Crippen molar-refractivity contribution in [1.29, 1.82) is 0 Å². The van der Waals surface area contributed by atoms with E-state index in [1.165, 1.54) is 11.1 Å². The molecular formula is C12H14ClN3O2. The molecule has 0 radical (unpaired) electrons. The number of nitrogens with zero attached hydrogens (tertiary/aromatic N) is 2. The third-order valence-electron chi connectivity index (χ3n) is 2.83. The van der Waals surface area contributed by atoms with Crippen LogP contribution in [0.5, 0.6) is 0 Å². The van der Waals surface area contributed by atoms with Crippen molar-refractivity contribution in [1.82, 2.24) is 15.2 Å². The van der Waals surface area contributed by atoms with E-state index < -0.39 is 5.54 Å². The molecule has 1 aromatic heterocycles. The van der Waals surface area contributed by atoms with Crippen molar-refractivity contribution in [3.05, 3.63) is 29.0 Å². The highest BCUT2D eigenvalue weighted by Crippen LogP contribution is 2.20. The molecule has 1 aliphatic heterocycles. The lowest BCUT2D eigenvalue weighted by atomic mass is 10.00. The Morgan fingerprint density at radius 1 is 1.50 bits per heavy atom. The number of carbonyl (C=O) groups is 2. The molecule has 0 unspecified atom stereocenters. The maximum absolute atomic E-state index is 12.2. The average Bonchev–Trinajstić information content (AvgIpc) is 2.27. The molecule has 1 fully saturated rings. The van der Waals surface area contributed by atoms with E-state index >= 15 is 0 Å². The maximum atomic E-state index is 12.2. The molecule has 0 aliphatic carbocycles. The summed E-state index contributed by atoms with van der Waals surface area (Å²) in [7, 11) is 0. The van der Waals surface area contributed by atoms with E-state index in [4.69, 9.17) is 11.6 Å². The van der Waals surface area contributed by atoms with Crippen LogP contribution >= 0.6 is 11.6 Å². The monoisotopic (exact) mass is 267 g/mol. The van der Waals surface area contributed by atoms with Crippen molar-refractivity contribution in [3.8, 4) is 0 Å². The number of carbonyl (C=O) groups excluding carboxylic acids is 2. The van der Waals surface area contributed by atoms with Crippen LogP contribution < -0.4 is 5.32 Å². The van der Waals surface area contributed by atoms with Crippen molar-refractivity contribution in [3.63, 3.8) is 0 Å². The molecule has 5 nitrogen and oxygen atoms in total. The molecule has 18 heavy (non-hydrogen) atoms. The van der Waals surface area contributed by atoms with Crippen molar-refractivity contribution in [2.45, 2.75) is 25.9 Å². The first-order valence-corrected chi connectivity index (χ1v) is 5.97. The number of nitrogens with one attached hydrogen (secondary N) is 1. The predicted molar refractivity (Wildman–Crippen MR) is 66.9 cm³/mol. The van der Waals surface area contributed by atoms with E-state index in [0.29, 0.717) is 11.6 Å². The Hall–Kier alpha value is -1.62. The first kappa shape index (κ1) is 12.8. The van der Waals surface area contributed by atoms with Crippen LogP contribution in [-0.4, -0.2) is 33.8 Å². The molecule has 96 valence electrons. The Labute approximate surface area is 110 Å². The van der Waals surface area contributed by atoms with Crippen LogP contribution in [0.3, 0.4) is 0 Å². The zero-order valence-electron chi connectivity index (χ0n) is 10.2. The molecule has 0 saturated carbocycles. The minimum atomic E-state index is -0.866. The highest BCUT2D eigenvalue weighted by Gasteiger charge is 2.38. The summed E-state index contributed by atoms with van der Waals surface area (Å²) in [5, 5.41) is 3.15. The third-order valence-corrected chi connectivity index (χ3v) is 3.17. The first-order valence-electron chi connectivity index (χ1n) is 5.59. The smallest absolute Gasteiger partial charge is 0.248 e. The Bertz CT molecular complexity index is 502. The molecule has 2 heterocycles. The zero-order valence-corrected chi connectivity index (χ0v) is 11.0. The van der Waals surface area contributed by atoms with Gasteiger partial charge in [0.15, 0.2) is 0 Å². The molecule has 1 aromatic rings. The van der Waals surface area contributed by atoms with Gasteiger partial charge in [0.05, 0.1) is 11.6 Å². The van der Waals surface area contributed by atoms with E-state index in [1.54, 1.807) is 26.1 Å².